The molecule has 1 N–H and O–H groups in total. The molecule has 0 aliphatic rings. The van der Waals surface area contributed by atoms with E-state index in [9.17, 15) is 4.39 Å². The van der Waals surface area contributed by atoms with Crippen molar-refractivity contribution < 1.29 is 14.0 Å². The second kappa shape index (κ2) is 4.85. The van der Waals surface area contributed by atoms with Gasteiger partial charge in [-0.25, -0.2) is 4.39 Å². The number of hydrogen-bond donors (Lipinski definition) is 1. The van der Waals surface area contributed by atoms with Crippen molar-refractivity contribution in [1.29, 1.82) is 0 Å². The first-order valence-electron chi connectivity index (χ1n) is 4.99. The van der Waals surface area contributed by atoms with Crippen molar-refractivity contribution in [3.05, 3.63) is 36.0 Å². The molecular weight excluding hydrogens is 211 g/mol. The summed E-state index contributed by atoms with van der Waals surface area (Å²) in [4.78, 5) is 4.05. The van der Waals surface area contributed by atoms with Crippen LogP contribution in [0.2, 0.25) is 0 Å². The fourth-order valence-corrected chi connectivity index (χ4v) is 1.34. The molecule has 16 heavy (non-hydrogen) atoms. The number of aliphatic hydroxyl groups excluding tert-OH is 1. The van der Waals surface area contributed by atoms with Crippen molar-refractivity contribution in [3.8, 4) is 11.4 Å². The molecule has 0 fully saturated rings. The van der Waals surface area contributed by atoms with E-state index in [0.29, 0.717) is 24.3 Å². The lowest BCUT2D eigenvalue weighted by Crippen LogP contribution is -1.90. The third kappa shape index (κ3) is 2.25. The maximum atomic E-state index is 13.4. The van der Waals surface area contributed by atoms with Gasteiger partial charge in [0.05, 0.1) is 5.56 Å². The topological polar surface area (TPSA) is 59.2 Å². The van der Waals surface area contributed by atoms with Gasteiger partial charge in [-0.15, -0.1) is 0 Å². The van der Waals surface area contributed by atoms with Crippen LogP contribution in [-0.2, 0) is 6.42 Å². The first-order chi connectivity index (χ1) is 7.81. The predicted molar refractivity (Wildman–Crippen MR) is 55.1 cm³/mol. The van der Waals surface area contributed by atoms with Gasteiger partial charge in [0.1, 0.15) is 5.82 Å². The summed E-state index contributed by atoms with van der Waals surface area (Å²) in [5.74, 6) is 0.273. The van der Waals surface area contributed by atoms with Gasteiger partial charge in [-0.1, -0.05) is 17.3 Å². The number of aromatic nitrogens is 2. The highest BCUT2D eigenvalue weighted by molar-refractivity contribution is 5.54. The van der Waals surface area contributed by atoms with Crippen LogP contribution in [0.3, 0.4) is 0 Å². The number of aryl methyl sites for hydroxylation is 1. The third-order valence-electron chi connectivity index (χ3n) is 2.13. The van der Waals surface area contributed by atoms with Gasteiger partial charge >= 0.3 is 0 Å². The van der Waals surface area contributed by atoms with Crippen molar-refractivity contribution in [1.82, 2.24) is 10.1 Å². The molecule has 84 valence electrons. The lowest BCUT2D eigenvalue weighted by atomic mass is 10.2. The monoisotopic (exact) mass is 222 g/mol. The average Bonchev–Trinajstić information content (AvgIpc) is 2.75. The second-order valence-electron chi connectivity index (χ2n) is 3.32. The molecular formula is C11H11FN2O2. The highest BCUT2D eigenvalue weighted by Crippen LogP contribution is 2.19. The van der Waals surface area contributed by atoms with Crippen molar-refractivity contribution in [3.63, 3.8) is 0 Å². The molecule has 0 radical (unpaired) electrons. The molecule has 0 amide bonds. The van der Waals surface area contributed by atoms with Crippen LogP contribution in [0.1, 0.15) is 12.3 Å². The molecule has 0 saturated carbocycles. The van der Waals surface area contributed by atoms with E-state index in [1.165, 1.54) is 6.07 Å². The van der Waals surface area contributed by atoms with Gasteiger partial charge in [-0.2, -0.15) is 4.98 Å². The Morgan fingerprint density at radius 3 is 2.88 bits per heavy atom. The summed E-state index contributed by atoms with van der Waals surface area (Å²) in [5.41, 5.74) is 0.321. The smallest absolute Gasteiger partial charge is 0.227 e. The van der Waals surface area contributed by atoms with Crippen LogP contribution in [0.5, 0.6) is 0 Å². The molecule has 2 aromatic rings. The molecule has 2 rings (SSSR count). The molecule has 0 spiro atoms. The van der Waals surface area contributed by atoms with Gasteiger partial charge in [-0.3, -0.25) is 0 Å². The zero-order valence-corrected chi connectivity index (χ0v) is 8.56. The molecule has 0 saturated heterocycles. The zero-order chi connectivity index (χ0) is 11.4. The molecule has 1 aromatic carbocycles. The van der Waals surface area contributed by atoms with E-state index in [2.05, 4.69) is 10.1 Å². The average molecular weight is 222 g/mol. The van der Waals surface area contributed by atoms with E-state index in [1.54, 1.807) is 18.2 Å². The summed E-state index contributed by atoms with van der Waals surface area (Å²) in [7, 11) is 0. The Hall–Kier alpha value is -1.75. The van der Waals surface area contributed by atoms with Crippen molar-refractivity contribution in [2.75, 3.05) is 6.61 Å². The van der Waals surface area contributed by atoms with Gasteiger partial charge in [0.25, 0.3) is 0 Å². The Kier molecular flexibility index (Phi) is 3.26. The van der Waals surface area contributed by atoms with Gasteiger partial charge in [0, 0.05) is 13.0 Å². The van der Waals surface area contributed by atoms with E-state index in [-0.39, 0.29) is 18.2 Å². The quantitative estimate of drug-likeness (QED) is 0.856. The number of nitrogens with zero attached hydrogens (tertiary/aromatic N) is 2. The third-order valence-corrected chi connectivity index (χ3v) is 2.13. The molecule has 0 atom stereocenters. The van der Waals surface area contributed by atoms with Gasteiger partial charge in [0.2, 0.25) is 11.7 Å². The summed E-state index contributed by atoms with van der Waals surface area (Å²) >= 11 is 0. The van der Waals surface area contributed by atoms with Crippen LogP contribution in [0, 0.1) is 5.82 Å². The lowest BCUT2D eigenvalue weighted by molar-refractivity contribution is 0.278. The standard InChI is InChI=1S/C11H11FN2O2/c12-9-5-2-1-4-8(9)11-13-10(16-14-11)6-3-7-15/h1-2,4-5,15H,3,6-7H2. The van der Waals surface area contributed by atoms with Crippen molar-refractivity contribution in [2.45, 2.75) is 12.8 Å². The Morgan fingerprint density at radius 1 is 1.31 bits per heavy atom. The minimum Gasteiger partial charge on any atom is -0.396 e. The summed E-state index contributed by atoms with van der Waals surface area (Å²) < 4.78 is 18.3. The zero-order valence-electron chi connectivity index (χ0n) is 8.56. The molecule has 1 heterocycles. The van der Waals surface area contributed by atoms with E-state index >= 15 is 0 Å². The van der Waals surface area contributed by atoms with Crippen LogP contribution in [0.25, 0.3) is 11.4 Å². The number of hydrogen-bond acceptors (Lipinski definition) is 4. The van der Waals surface area contributed by atoms with Crippen LogP contribution in [0.15, 0.2) is 28.8 Å². The molecule has 1 aromatic heterocycles. The highest BCUT2D eigenvalue weighted by Gasteiger charge is 2.11. The number of benzene rings is 1. The van der Waals surface area contributed by atoms with Gasteiger partial charge in [0.15, 0.2) is 0 Å². The van der Waals surface area contributed by atoms with Crippen molar-refractivity contribution >= 4 is 0 Å². The minimum atomic E-state index is -0.378. The van der Waals surface area contributed by atoms with Crippen molar-refractivity contribution in [2.24, 2.45) is 0 Å². The lowest BCUT2D eigenvalue weighted by Gasteiger charge is -1.94. The Labute approximate surface area is 91.7 Å². The molecule has 0 aliphatic heterocycles. The fourth-order valence-electron chi connectivity index (χ4n) is 1.34. The fraction of sp³-hybridized carbons (Fsp3) is 0.273. The highest BCUT2D eigenvalue weighted by atomic mass is 19.1. The van der Waals surface area contributed by atoms with Gasteiger partial charge < -0.3 is 9.63 Å². The largest absolute Gasteiger partial charge is 0.396 e. The molecule has 0 unspecified atom stereocenters. The summed E-state index contributed by atoms with van der Waals surface area (Å²) in [6.45, 7) is 0.0669. The molecule has 0 aliphatic carbocycles. The Balaban J connectivity index is 2.22. The predicted octanol–water partition coefficient (Wildman–Crippen LogP) is 1.80. The van der Waals surface area contributed by atoms with E-state index in [4.69, 9.17) is 9.63 Å². The van der Waals surface area contributed by atoms with Crippen LogP contribution < -0.4 is 0 Å². The van der Waals surface area contributed by atoms with E-state index < -0.39 is 0 Å². The van der Waals surface area contributed by atoms with Crippen LogP contribution >= 0.6 is 0 Å². The van der Waals surface area contributed by atoms with Gasteiger partial charge in [-0.05, 0) is 18.6 Å². The molecule has 0 bridgehead atoms. The minimum absolute atomic E-state index is 0.0669. The second-order valence-corrected chi connectivity index (χ2v) is 3.32. The van der Waals surface area contributed by atoms with Crippen LogP contribution in [0.4, 0.5) is 4.39 Å². The maximum absolute atomic E-state index is 13.4. The summed E-state index contributed by atoms with van der Waals surface area (Å²) in [6, 6.07) is 6.25. The van der Waals surface area contributed by atoms with Crippen LogP contribution in [-0.4, -0.2) is 21.9 Å². The summed E-state index contributed by atoms with van der Waals surface area (Å²) in [5, 5.41) is 12.3. The SMILES string of the molecule is OCCCc1nc(-c2ccccc2F)no1. The first kappa shape index (κ1) is 10.8. The summed E-state index contributed by atoms with van der Waals surface area (Å²) in [6.07, 6.45) is 1.05. The van der Waals surface area contributed by atoms with E-state index in [0.717, 1.165) is 0 Å². The maximum Gasteiger partial charge on any atom is 0.227 e. The Bertz CT molecular complexity index is 471. The van der Waals surface area contributed by atoms with E-state index in [1.807, 2.05) is 0 Å². The Morgan fingerprint density at radius 2 is 2.12 bits per heavy atom. The number of aliphatic hydroxyl groups is 1. The number of rotatable bonds is 4. The number of halogens is 1. The molecule has 5 heteroatoms. The first-order valence-corrected chi connectivity index (χ1v) is 4.99. The normalized spacial score (nSPS) is 10.6. The molecule has 4 nitrogen and oxygen atoms in total.